The van der Waals surface area contributed by atoms with E-state index in [1.807, 2.05) is 0 Å². The predicted octanol–water partition coefficient (Wildman–Crippen LogP) is 5.59. The third-order valence-corrected chi connectivity index (χ3v) is 8.20. The maximum atomic E-state index is 12.9. The van der Waals surface area contributed by atoms with E-state index in [-0.39, 0.29) is 28.8 Å². The maximum absolute atomic E-state index is 12.9. The fraction of sp³-hybridized carbons (Fsp3) is 0.708. The van der Waals surface area contributed by atoms with Crippen LogP contribution in [0.2, 0.25) is 13.1 Å². The van der Waals surface area contributed by atoms with E-state index in [4.69, 9.17) is 4.43 Å². The van der Waals surface area contributed by atoms with Gasteiger partial charge in [-0.25, -0.2) is 0 Å². The zero-order valence-electron chi connectivity index (χ0n) is 19.3. The number of hydrogen-bond donors (Lipinski definition) is 1. The Labute approximate surface area is 185 Å². The molecule has 2 aliphatic rings. The Bertz CT molecular complexity index is 763. The summed E-state index contributed by atoms with van der Waals surface area (Å²) in [6, 6.07) is 5.23. The van der Waals surface area contributed by atoms with Crippen LogP contribution in [0.3, 0.4) is 0 Å². The summed E-state index contributed by atoms with van der Waals surface area (Å²) in [6.07, 6.45) is 0.163. The molecule has 1 saturated carbocycles. The normalized spacial score (nSPS) is 30.0. The SMILES string of the molecule is C[SiH](C)OC1(C2CNC(=O)C2Cc2ccc(C(F)(F)F)cc2)CCC(C(C)(C)C)CC1. The van der Waals surface area contributed by atoms with E-state index in [1.165, 1.54) is 12.1 Å². The second kappa shape index (κ2) is 8.89. The number of halogens is 3. The molecule has 1 N–H and O–H groups in total. The van der Waals surface area contributed by atoms with Gasteiger partial charge in [0.15, 0.2) is 9.04 Å². The molecule has 1 aromatic rings. The van der Waals surface area contributed by atoms with Gasteiger partial charge >= 0.3 is 6.18 Å². The third-order valence-electron chi connectivity index (χ3n) is 7.26. The van der Waals surface area contributed by atoms with Crippen LogP contribution in [-0.2, 0) is 21.8 Å². The Morgan fingerprint density at radius 2 is 1.68 bits per heavy atom. The van der Waals surface area contributed by atoms with Crippen LogP contribution in [0.1, 0.15) is 57.6 Å². The monoisotopic (exact) mass is 455 g/mol. The zero-order valence-corrected chi connectivity index (χ0v) is 20.5. The Balaban J connectivity index is 1.81. The number of amides is 1. The molecule has 1 saturated heterocycles. The van der Waals surface area contributed by atoms with Gasteiger partial charge in [0.25, 0.3) is 0 Å². The highest BCUT2D eigenvalue weighted by molar-refractivity contribution is 6.48. The molecular weight excluding hydrogens is 419 g/mol. The molecule has 1 aromatic carbocycles. The second-order valence-corrected chi connectivity index (χ2v) is 13.1. The highest BCUT2D eigenvalue weighted by Gasteiger charge is 2.51. The van der Waals surface area contributed by atoms with Crippen molar-refractivity contribution in [3.8, 4) is 0 Å². The molecule has 2 fully saturated rings. The van der Waals surface area contributed by atoms with E-state index in [0.717, 1.165) is 43.4 Å². The first-order chi connectivity index (χ1) is 14.3. The molecule has 0 spiro atoms. The van der Waals surface area contributed by atoms with Crippen molar-refractivity contribution in [3.63, 3.8) is 0 Å². The molecular formula is C24H36F3NO2Si. The first-order valence-electron chi connectivity index (χ1n) is 11.4. The van der Waals surface area contributed by atoms with Crippen LogP contribution in [0.25, 0.3) is 0 Å². The summed E-state index contributed by atoms with van der Waals surface area (Å²) in [6.45, 7) is 11.8. The summed E-state index contributed by atoms with van der Waals surface area (Å²) < 4.78 is 45.4. The molecule has 31 heavy (non-hydrogen) atoms. The summed E-state index contributed by atoms with van der Waals surface area (Å²) >= 11 is 0. The van der Waals surface area contributed by atoms with Gasteiger partial charge in [0, 0.05) is 18.4 Å². The standard InChI is InChI=1S/C24H36F3NO2Si/c1-22(2,3)17-10-12-23(13-11-17,30-31(4)5)20-15-28-21(29)19(20)14-16-6-8-18(9-7-16)24(25,26)27/h6-9,17,19-20,31H,10-15H2,1-5H3,(H,28,29). The van der Waals surface area contributed by atoms with Crippen molar-refractivity contribution in [2.24, 2.45) is 23.2 Å². The molecule has 2 unspecified atom stereocenters. The van der Waals surface area contributed by atoms with E-state index >= 15 is 0 Å². The lowest BCUT2D eigenvalue weighted by molar-refractivity contribution is -0.137. The van der Waals surface area contributed by atoms with Crippen LogP contribution in [0.4, 0.5) is 13.2 Å². The van der Waals surface area contributed by atoms with Crippen LogP contribution in [0.5, 0.6) is 0 Å². The first-order valence-corrected chi connectivity index (χ1v) is 14.2. The minimum Gasteiger partial charge on any atom is -0.415 e. The van der Waals surface area contributed by atoms with Gasteiger partial charge in [-0.05, 0) is 74.2 Å². The minimum absolute atomic E-state index is 0.00348. The minimum atomic E-state index is -4.35. The first kappa shape index (κ1) is 24.3. The molecule has 174 valence electrons. The number of carbonyl (C=O) groups is 1. The Morgan fingerprint density at radius 3 is 2.16 bits per heavy atom. The van der Waals surface area contributed by atoms with Crippen molar-refractivity contribution < 1.29 is 22.4 Å². The van der Waals surface area contributed by atoms with E-state index in [9.17, 15) is 18.0 Å². The fourth-order valence-corrected chi connectivity index (χ4v) is 6.91. The number of hydrogen-bond acceptors (Lipinski definition) is 2. The molecule has 1 aliphatic carbocycles. The molecule has 2 atom stereocenters. The number of nitrogens with one attached hydrogen (secondary N) is 1. The number of alkyl halides is 3. The quantitative estimate of drug-likeness (QED) is 0.588. The molecule has 0 bridgehead atoms. The lowest BCUT2D eigenvalue weighted by Gasteiger charge is -2.49. The Morgan fingerprint density at radius 1 is 1.10 bits per heavy atom. The summed E-state index contributed by atoms with van der Waals surface area (Å²) in [5.74, 6) is 0.418. The average Bonchev–Trinajstić information content (AvgIpc) is 3.02. The summed E-state index contributed by atoms with van der Waals surface area (Å²) in [5, 5.41) is 3.03. The largest absolute Gasteiger partial charge is 0.416 e. The topological polar surface area (TPSA) is 38.3 Å². The lowest BCUT2D eigenvalue weighted by Crippen LogP contribution is -2.51. The van der Waals surface area contributed by atoms with E-state index in [0.29, 0.717) is 18.9 Å². The van der Waals surface area contributed by atoms with Crippen molar-refractivity contribution in [1.82, 2.24) is 5.32 Å². The Hall–Kier alpha value is -1.34. The molecule has 1 amide bonds. The fourth-order valence-electron chi connectivity index (χ4n) is 5.56. The van der Waals surface area contributed by atoms with Gasteiger partial charge in [-0.3, -0.25) is 4.79 Å². The van der Waals surface area contributed by atoms with Gasteiger partial charge in [-0.2, -0.15) is 13.2 Å². The van der Waals surface area contributed by atoms with Gasteiger partial charge in [-0.15, -0.1) is 0 Å². The summed E-state index contributed by atoms with van der Waals surface area (Å²) in [7, 11) is -1.35. The maximum Gasteiger partial charge on any atom is 0.416 e. The van der Waals surface area contributed by atoms with E-state index in [1.54, 1.807) is 0 Å². The number of benzene rings is 1. The average molecular weight is 456 g/mol. The highest BCUT2D eigenvalue weighted by atomic mass is 28.3. The van der Waals surface area contributed by atoms with Crippen LogP contribution in [0.15, 0.2) is 24.3 Å². The molecule has 1 aliphatic heterocycles. The molecule has 3 rings (SSSR count). The van der Waals surface area contributed by atoms with E-state index < -0.39 is 20.8 Å². The zero-order chi connectivity index (χ0) is 23.0. The Kier molecular flexibility index (Phi) is 6.97. The van der Waals surface area contributed by atoms with Crippen LogP contribution >= 0.6 is 0 Å². The van der Waals surface area contributed by atoms with Crippen LogP contribution < -0.4 is 5.32 Å². The van der Waals surface area contributed by atoms with Gasteiger partial charge in [0.2, 0.25) is 5.91 Å². The van der Waals surface area contributed by atoms with Crippen molar-refractivity contribution in [3.05, 3.63) is 35.4 Å². The van der Waals surface area contributed by atoms with Crippen LogP contribution in [0, 0.1) is 23.2 Å². The molecule has 7 heteroatoms. The van der Waals surface area contributed by atoms with E-state index in [2.05, 4.69) is 39.2 Å². The second-order valence-electron chi connectivity index (χ2n) is 10.7. The van der Waals surface area contributed by atoms with Gasteiger partial charge in [-0.1, -0.05) is 32.9 Å². The van der Waals surface area contributed by atoms with Crippen molar-refractivity contribution >= 4 is 14.9 Å². The molecule has 0 aromatic heterocycles. The molecule has 3 nitrogen and oxygen atoms in total. The van der Waals surface area contributed by atoms with Gasteiger partial charge < -0.3 is 9.74 Å². The smallest absolute Gasteiger partial charge is 0.415 e. The van der Waals surface area contributed by atoms with Crippen molar-refractivity contribution in [1.29, 1.82) is 0 Å². The van der Waals surface area contributed by atoms with Gasteiger partial charge in [0.05, 0.1) is 11.2 Å². The number of rotatable bonds is 5. The number of carbonyl (C=O) groups excluding carboxylic acids is 1. The lowest BCUT2D eigenvalue weighted by atomic mass is 9.63. The third kappa shape index (κ3) is 5.53. The predicted molar refractivity (Wildman–Crippen MR) is 119 cm³/mol. The van der Waals surface area contributed by atoms with Crippen molar-refractivity contribution in [2.45, 2.75) is 77.7 Å². The summed E-state index contributed by atoms with van der Waals surface area (Å²) in [4.78, 5) is 12.8. The molecule has 1 heterocycles. The summed E-state index contributed by atoms with van der Waals surface area (Å²) in [5.41, 5.74) is 0.0537. The molecule has 0 radical (unpaired) electrons. The van der Waals surface area contributed by atoms with Crippen LogP contribution in [-0.4, -0.2) is 27.1 Å². The van der Waals surface area contributed by atoms with Crippen molar-refractivity contribution in [2.75, 3.05) is 6.54 Å². The highest BCUT2D eigenvalue weighted by Crippen LogP contribution is 2.49. The van der Waals surface area contributed by atoms with Gasteiger partial charge in [0.1, 0.15) is 0 Å².